The molecule has 2 N–H and O–H groups in total. The predicted octanol–water partition coefficient (Wildman–Crippen LogP) is 1.26. The first-order chi connectivity index (χ1) is 6.33. The van der Waals surface area contributed by atoms with Crippen LogP contribution in [0.1, 0.15) is 25.5 Å². The lowest BCUT2D eigenvalue weighted by molar-refractivity contribution is -0.121. The number of hydrazone groups is 1. The minimum atomic E-state index is -0.0506. The highest BCUT2D eigenvalue weighted by molar-refractivity contribution is 5.80. The summed E-state index contributed by atoms with van der Waals surface area (Å²) in [6.45, 7) is 1.95. The molecule has 0 aliphatic carbocycles. The maximum atomic E-state index is 10.9. The highest BCUT2D eigenvalue weighted by Gasteiger charge is 1.94. The summed E-state index contributed by atoms with van der Waals surface area (Å²) in [5.41, 5.74) is 3.30. The molecule has 0 bridgehead atoms. The van der Waals surface area contributed by atoms with Crippen LogP contribution < -0.4 is 5.43 Å². The number of hydrogen-bond acceptors (Lipinski definition) is 2. The third-order valence-corrected chi connectivity index (χ3v) is 1.49. The summed E-state index contributed by atoms with van der Waals surface area (Å²) >= 11 is 0. The smallest absolute Gasteiger partial charge is 0.240 e. The SMILES string of the molecule is CCCC(=O)NN=Cc1ccc[nH]1. The fourth-order valence-corrected chi connectivity index (χ4v) is 0.881. The van der Waals surface area contributed by atoms with Gasteiger partial charge in [0.15, 0.2) is 0 Å². The van der Waals surface area contributed by atoms with Crippen molar-refractivity contribution in [2.75, 3.05) is 0 Å². The largest absolute Gasteiger partial charge is 0.360 e. The molecule has 0 aliphatic rings. The van der Waals surface area contributed by atoms with E-state index >= 15 is 0 Å². The molecule has 0 fully saturated rings. The molecule has 70 valence electrons. The molecule has 1 aromatic heterocycles. The van der Waals surface area contributed by atoms with Crippen molar-refractivity contribution in [3.63, 3.8) is 0 Å². The molecule has 0 radical (unpaired) electrons. The van der Waals surface area contributed by atoms with Crippen LogP contribution in [0.25, 0.3) is 0 Å². The van der Waals surface area contributed by atoms with Gasteiger partial charge in [-0.2, -0.15) is 5.10 Å². The third-order valence-electron chi connectivity index (χ3n) is 1.49. The van der Waals surface area contributed by atoms with Gasteiger partial charge in [-0.1, -0.05) is 6.92 Å². The first-order valence-corrected chi connectivity index (χ1v) is 4.28. The summed E-state index contributed by atoms with van der Waals surface area (Å²) in [5.74, 6) is -0.0506. The zero-order chi connectivity index (χ0) is 9.52. The minimum absolute atomic E-state index is 0.0506. The maximum Gasteiger partial charge on any atom is 0.240 e. The molecule has 0 saturated heterocycles. The Kier molecular flexibility index (Phi) is 3.75. The molecule has 0 unspecified atom stereocenters. The summed E-state index contributed by atoms with van der Waals surface area (Å²) in [6, 6.07) is 3.74. The van der Waals surface area contributed by atoms with Crippen molar-refractivity contribution in [1.29, 1.82) is 0 Å². The van der Waals surface area contributed by atoms with E-state index in [0.29, 0.717) is 6.42 Å². The van der Waals surface area contributed by atoms with Crippen molar-refractivity contribution >= 4 is 12.1 Å². The number of aromatic nitrogens is 1. The number of amides is 1. The number of carbonyl (C=O) groups excluding carboxylic acids is 1. The fraction of sp³-hybridized carbons (Fsp3) is 0.333. The lowest BCUT2D eigenvalue weighted by atomic mass is 10.3. The maximum absolute atomic E-state index is 10.9. The Labute approximate surface area is 77.0 Å². The van der Waals surface area contributed by atoms with E-state index < -0.39 is 0 Å². The van der Waals surface area contributed by atoms with Gasteiger partial charge in [0.05, 0.1) is 11.9 Å². The average molecular weight is 179 g/mol. The van der Waals surface area contributed by atoms with Crippen LogP contribution in [0.3, 0.4) is 0 Å². The van der Waals surface area contributed by atoms with Crippen molar-refractivity contribution in [2.24, 2.45) is 5.10 Å². The van der Waals surface area contributed by atoms with Crippen LogP contribution in [0.4, 0.5) is 0 Å². The van der Waals surface area contributed by atoms with Gasteiger partial charge >= 0.3 is 0 Å². The van der Waals surface area contributed by atoms with Crippen LogP contribution in [0.5, 0.6) is 0 Å². The van der Waals surface area contributed by atoms with E-state index in [1.807, 2.05) is 19.1 Å². The van der Waals surface area contributed by atoms with Crippen molar-refractivity contribution in [1.82, 2.24) is 10.4 Å². The molecule has 1 rings (SSSR count). The molecule has 1 aromatic rings. The Balaban J connectivity index is 2.30. The second kappa shape index (κ2) is 5.13. The molecule has 0 spiro atoms. The van der Waals surface area contributed by atoms with E-state index in [-0.39, 0.29) is 5.91 Å². The number of nitrogens with zero attached hydrogens (tertiary/aromatic N) is 1. The first kappa shape index (κ1) is 9.51. The van der Waals surface area contributed by atoms with Crippen molar-refractivity contribution < 1.29 is 4.79 Å². The second-order valence-corrected chi connectivity index (χ2v) is 2.67. The number of hydrogen-bond donors (Lipinski definition) is 2. The van der Waals surface area contributed by atoms with Crippen LogP contribution in [0, 0.1) is 0 Å². The lowest BCUT2D eigenvalue weighted by Gasteiger charge is -1.94. The van der Waals surface area contributed by atoms with Gasteiger partial charge < -0.3 is 4.98 Å². The molecule has 0 aliphatic heterocycles. The van der Waals surface area contributed by atoms with Gasteiger partial charge in [0, 0.05) is 12.6 Å². The number of aromatic amines is 1. The fourth-order valence-electron chi connectivity index (χ4n) is 0.881. The lowest BCUT2D eigenvalue weighted by Crippen LogP contribution is -2.16. The standard InChI is InChI=1S/C9H13N3O/c1-2-4-9(13)12-11-7-8-5-3-6-10-8/h3,5-7,10H,2,4H2,1H3,(H,12,13). The third kappa shape index (κ3) is 3.55. The van der Waals surface area contributed by atoms with Crippen LogP contribution in [-0.2, 0) is 4.79 Å². The Bertz CT molecular complexity index is 277. The van der Waals surface area contributed by atoms with E-state index in [9.17, 15) is 4.79 Å². The predicted molar refractivity (Wildman–Crippen MR) is 51.4 cm³/mol. The summed E-state index contributed by atoms with van der Waals surface area (Å²) in [4.78, 5) is 13.9. The van der Waals surface area contributed by atoms with Gasteiger partial charge in [0.25, 0.3) is 0 Å². The molecular weight excluding hydrogens is 166 g/mol. The second-order valence-electron chi connectivity index (χ2n) is 2.67. The topological polar surface area (TPSA) is 57.2 Å². The monoisotopic (exact) mass is 179 g/mol. The molecule has 4 nitrogen and oxygen atoms in total. The first-order valence-electron chi connectivity index (χ1n) is 4.28. The van der Waals surface area contributed by atoms with Gasteiger partial charge in [0.1, 0.15) is 0 Å². The van der Waals surface area contributed by atoms with E-state index in [0.717, 1.165) is 12.1 Å². The van der Waals surface area contributed by atoms with Gasteiger partial charge in [-0.25, -0.2) is 5.43 Å². The van der Waals surface area contributed by atoms with E-state index in [1.165, 1.54) is 0 Å². The van der Waals surface area contributed by atoms with Gasteiger partial charge in [0.2, 0.25) is 5.91 Å². The number of rotatable bonds is 4. The van der Waals surface area contributed by atoms with Crippen molar-refractivity contribution in [3.8, 4) is 0 Å². The molecule has 4 heteroatoms. The molecule has 1 amide bonds. The summed E-state index contributed by atoms with van der Waals surface area (Å²) in [6.07, 6.45) is 4.73. The van der Waals surface area contributed by atoms with E-state index in [4.69, 9.17) is 0 Å². The Hall–Kier alpha value is -1.58. The number of nitrogens with one attached hydrogen (secondary N) is 2. The highest BCUT2D eigenvalue weighted by atomic mass is 16.2. The quantitative estimate of drug-likeness (QED) is 0.530. The molecule has 0 aromatic carbocycles. The molecule has 0 atom stereocenters. The Morgan fingerprint density at radius 1 is 1.77 bits per heavy atom. The van der Waals surface area contributed by atoms with Crippen molar-refractivity contribution in [3.05, 3.63) is 24.0 Å². The molecule has 0 saturated carbocycles. The zero-order valence-electron chi connectivity index (χ0n) is 7.58. The number of carbonyl (C=O) groups is 1. The summed E-state index contributed by atoms with van der Waals surface area (Å²) < 4.78 is 0. The van der Waals surface area contributed by atoms with E-state index in [2.05, 4.69) is 15.5 Å². The summed E-state index contributed by atoms with van der Waals surface area (Å²) in [5, 5.41) is 3.78. The van der Waals surface area contributed by atoms with Crippen LogP contribution in [0.15, 0.2) is 23.4 Å². The normalized spacial score (nSPS) is 10.5. The highest BCUT2D eigenvalue weighted by Crippen LogP contribution is 1.89. The van der Waals surface area contributed by atoms with Crippen LogP contribution in [0.2, 0.25) is 0 Å². The Morgan fingerprint density at radius 2 is 2.62 bits per heavy atom. The minimum Gasteiger partial charge on any atom is -0.360 e. The number of H-pyrrole nitrogens is 1. The van der Waals surface area contributed by atoms with Crippen LogP contribution in [-0.4, -0.2) is 17.1 Å². The van der Waals surface area contributed by atoms with Crippen molar-refractivity contribution in [2.45, 2.75) is 19.8 Å². The van der Waals surface area contributed by atoms with Gasteiger partial charge in [-0.05, 0) is 18.6 Å². The van der Waals surface area contributed by atoms with Gasteiger partial charge in [-0.15, -0.1) is 0 Å². The molecule has 13 heavy (non-hydrogen) atoms. The Morgan fingerprint density at radius 3 is 3.23 bits per heavy atom. The van der Waals surface area contributed by atoms with E-state index in [1.54, 1.807) is 12.4 Å². The average Bonchev–Trinajstić information content (AvgIpc) is 2.57. The zero-order valence-corrected chi connectivity index (χ0v) is 7.58. The van der Waals surface area contributed by atoms with Crippen LogP contribution >= 0.6 is 0 Å². The molecular formula is C9H13N3O. The van der Waals surface area contributed by atoms with Gasteiger partial charge in [-0.3, -0.25) is 4.79 Å². The summed E-state index contributed by atoms with van der Waals surface area (Å²) in [7, 11) is 0. The molecule has 1 heterocycles.